The van der Waals surface area contributed by atoms with Crippen molar-refractivity contribution in [3.63, 3.8) is 0 Å². The fraction of sp³-hybridized carbons (Fsp3) is 0.0426. The summed E-state index contributed by atoms with van der Waals surface area (Å²) in [7, 11) is 0. The Bertz CT molecular complexity index is 2740. The molecule has 0 atom stereocenters. The third kappa shape index (κ3) is 5.99. The fourth-order valence-corrected chi connectivity index (χ4v) is 6.85. The molecule has 0 saturated heterocycles. The summed E-state index contributed by atoms with van der Waals surface area (Å²) in [4.78, 5) is 25.0. The lowest BCUT2D eigenvalue weighted by Gasteiger charge is -2.11. The second-order valence-electron chi connectivity index (χ2n) is 13.1. The standard InChI is InChI=1S/C47H33N5/c1-30-27-31(2)48-44-41(30)25-23-34-24-26-42(49-43(34)44)39-17-9-15-37(28-39)38-16-10-18-40(29-38)47-51-45(35-13-7-4-8-14-35)50-46(52-47)36-21-19-33(20-22-36)32-11-5-3-6-12-32/h3-29H,1-2H3. The number of pyridine rings is 2. The Morgan fingerprint density at radius 3 is 1.52 bits per heavy atom. The molecule has 3 aromatic heterocycles. The topological polar surface area (TPSA) is 64.5 Å². The van der Waals surface area contributed by atoms with Crippen molar-refractivity contribution in [3.05, 3.63) is 175 Å². The maximum atomic E-state index is 5.17. The van der Waals surface area contributed by atoms with Crippen LogP contribution in [0.15, 0.2) is 164 Å². The Balaban J connectivity index is 1.10. The predicted octanol–water partition coefficient (Wildman–Crippen LogP) is 11.6. The molecule has 9 aromatic rings. The van der Waals surface area contributed by atoms with Crippen molar-refractivity contribution in [2.75, 3.05) is 0 Å². The summed E-state index contributed by atoms with van der Waals surface area (Å²) in [5.41, 5.74) is 13.3. The molecule has 0 unspecified atom stereocenters. The van der Waals surface area contributed by atoms with Gasteiger partial charge in [-0.2, -0.15) is 0 Å². The van der Waals surface area contributed by atoms with Crippen LogP contribution in [0.4, 0.5) is 0 Å². The minimum Gasteiger partial charge on any atom is -0.251 e. The van der Waals surface area contributed by atoms with Crippen molar-refractivity contribution in [3.8, 4) is 67.7 Å². The van der Waals surface area contributed by atoms with E-state index >= 15 is 0 Å². The van der Waals surface area contributed by atoms with E-state index in [9.17, 15) is 0 Å². The zero-order valence-corrected chi connectivity index (χ0v) is 28.8. The van der Waals surface area contributed by atoms with Crippen molar-refractivity contribution in [1.29, 1.82) is 0 Å². The van der Waals surface area contributed by atoms with Gasteiger partial charge in [0.2, 0.25) is 0 Å². The molecular weight excluding hydrogens is 635 g/mol. The highest BCUT2D eigenvalue weighted by molar-refractivity contribution is 6.04. The minimum absolute atomic E-state index is 0.621. The fourth-order valence-electron chi connectivity index (χ4n) is 6.85. The Morgan fingerprint density at radius 1 is 0.327 bits per heavy atom. The first-order chi connectivity index (χ1) is 25.6. The van der Waals surface area contributed by atoms with E-state index in [1.807, 2.05) is 43.3 Å². The van der Waals surface area contributed by atoms with E-state index in [2.05, 4.69) is 134 Å². The first-order valence-electron chi connectivity index (χ1n) is 17.4. The molecule has 246 valence electrons. The van der Waals surface area contributed by atoms with Crippen LogP contribution in [0.5, 0.6) is 0 Å². The molecule has 3 heterocycles. The molecular formula is C47H33N5. The van der Waals surface area contributed by atoms with Crippen LogP contribution in [0.3, 0.4) is 0 Å². The van der Waals surface area contributed by atoms with Gasteiger partial charge in [-0.15, -0.1) is 0 Å². The Hall–Kier alpha value is -6.85. The maximum Gasteiger partial charge on any atom is 0.164 e. The summed E-state index contributed by atoms with van der Waals surface area (Å²) in [6.45, 7) is 4.17. The predicted molar refractivity (Wildman–Crippen MR) is 213 cm³/mol. The number of aromatic nitrogens is 5. The number of hydrogen-bond acceptors (Lipinski definition) is 5. The second kappa shape index (κ2) is 13.1. The molecule has 0 fully saturated rings. The zero-order valence-electron chi connectivity index (χ0n) is 28.8. The summed E-state index contributed by atoms with van der Waals surface area (Å²) in [6.07, 6.45) is 0. The molecule has 0 radical (unpaired) electrons. The third-order valence-corrected chi connectivity index (χ3v) is 9.50. The molecule has 0 spiro atoms. The highest BCUT2D eigenvalue weighted by Crippen LogP contribution is 2.33. The summed E-state index contributed by atoms with van der Waals surface area (Å²) in [6, 6.07) is 56.4. The van der Waals surface area contributed by atoms with Crippen LogP contribution in [0.25, 0.3) is 89.5 Å². The molecule has 0 aliphatic rings. The van der Waals surface area contributed by atoms with Gasteiger partial charge in [-0.3, -0.25) is 4.98 Å². The van der Waals surface area contributed by atoms with Crippen LogP contribution in [-0.4, -0.2) is 24.9 Å². The molecule has 5 heteroatoms. The quantitative estimate of drug-likeness (QED) is 0.165. The largest absolute Gasteiger partial charge is 0.251 e. The van der Waals surface area contributed by atoms with Crippen molar-refractivity contribution < 1.29 is 0 Å². The first kappa shape index (κ1) is 31.2. The minimum atomic E-state index is 0.621. The maximum absolute atomic E-state index is 5.17. The number of rotatable bonds is 6. The summed E-state index contributed by atoms with van der Waals surface area (Å²) >= 11 is 0. The van der Waals surface area contributed by atoms with Crippen LogP contribution in [0, 0.1) is 13.8 Å². The molecule has 0 aliphatic heterocycles. The van der Waals surface area contributed by atoms with Gasteiger partial charge in [0.25, 0.3) is 0 Å². The van der Waals surface area contributed by atoms with Gasteiger partial charge in [0.05, 0.1) is 16.7 Å². The highest BCUT2D eigenvalue weighted by atomic mass is 15.0. The molecule has 0 saturated carbocycles. The number of fused-ring (bicyclic) bond motifs is 3. The number of nitrogens with zero attached hydrogens (tertiary/aromatic N) is 5. The van der Waals surface area contributed by atoms with Gasteiger partial charge < -0.3 is 0 Å². The van der Waals surface area contributed by atoms with Crippen LogP contribution >= 0.6 is 0 Å². The molecule has 0 aliphatic carbocycles. The van der Waals surface area contributed by atoms with Crippen LogP contribution in [-0.2, 0) is 0 Å². The Kier molecular flexibility index (Phi) is 7.86. The van der Waals surface area contributed by atoms with Gasteiger partial charge in [0.15, 0.2) is 17.5 Å². The lowest BCUT2D eigenvalue weighted by Crippen LogP contribution is -2.00. The van der Waals surface area contributed by atoms with Crippen LogP contribution in [0.1, 0.15) is 11.3 Å². The summed E-state index contributed by atoms with van der Waals surface area (Å²) < 4.78 is 0. The highest BCUT2D eigenvalue weighted by Gasteiger charge is 2.14. The van der Waals surface area contributed by atoms with E-state index in [0.29, 0.717) is 17.5 Å². The van der Waals surface area contributed by atoms with Gasteiger partial charge in [-0.1, -0.05) is 140 Å². The number of hydrogen-bond donors (Lipinski definition) is 0. The van der Waals surface area contributed by atoms with Crippen molar-refractivity contribution in [2.24, 2.45) is 0 Å². The molecule has 52 heavy (non-hydrogen) atoms. The zero-order chi connectivity index (χ0) is 35.0. The van der Waals surface area contributed by atoms with E-state index in [1.165, 1.54) is 11.1 Å². The average molecular weight is 668 g/mol. The SMILES string of the molecule is Cc1cc(C)c2ccc3ccc(-c4cccc(-c5cccc(-c6nc(-c7ccccc7)nc(-c7ccc(-c8ccccc8)cc7)n6)c5)c4)nc3c2n1. The lowest BCUT2D eigenvalue weighted by atomic mass is 9.99. The van der Waals surface area contributed by atoms with E-state index in [0.717, 1.165) is 72.1 Å². The first-order valence-corrected chi connectivity index (χ1v) is 17.4. The Morgan fingerprint density at radius 2 is 0.827 bits per heavy atom. The van der Waals surface area contributed by atoms with Crippen LogP contribution < -0.4 is 0 Å². The summed E-state index contributed by atoms with van der Waals surface area (Å²) in [5, 5.41) is 2.21. The molecule has 6 aromatic carbocycles. The van der Waals surface area contributed by atoms with Crippen molar-refractivity contribution in [2.45, 2.75) is 13.8 Å². The van der Waals surface area contributed by atoms with Gasteiger partial charge in [0.1, 0.15) is 0 Å². The second-order valence-corrected chi connectivity index (χ2v) is 13.1. The van der Waals surface area contributed by atoms with E-state index in [1.54, 1.807) is 0 Å². The normalized spacial score (nSPS) is 11.3. The third-order valence-electron chi connectivity index (χ3n) is 9.50. The van der Waals surface area contributed by atoms with Crippen molar-refractivity contribution in [1.82, 2.24) is 24.9 Å². The number of aryl methyl sites for hydroxylation is 2. The molecule has 0 bridgehead atoms. The van der Waals surface area contributed by atoms with E-state index in [-0.39, 0.29) is 0 Å². The van der Waals surface area contributed by atoms with Crippen LogP contribution in [0.2, 0.25) is 0 Å². The van der Waals surface area contributed by atoms with Crippen molar-refractivity contribution >= 4 is 21.8 Å². The molecule has 0 amide bonds. The molecule has 5 nitrogen and oxygen atoms in total. The molecule has 0 N–H and O–H groups in total. The summed E-state index contributed by atoms with van der Waals surface area (Å²) in [5.74, 6) is 1.88. The van der Waals surface area contributed by atoms with Gasteiger partial charge >= 0.3 is 0 Å². The van der Waals surface area contributed by atoms with E-state index < -0.39 is 0 Å². The molecule has 9 rings (SSSR count). The van der Waals surface area contributed by atoms with E-state index in [4.69, 9.17) is 24.9 Å². The lowest BCUT2D eigenvalue weighted by molar-refractivity contribution is 1.07. The number of benzene rings is 6. The van der Waals surface area contributed by atoms with Gasteiger partial charge in [-0.05, 0) is 65.9 Å². The van der Waals surface area contributed by atoms with Gasteiger partial charge in [0, 0.05) is 38.7 Å². The monoisotopic (exact) mass is 667 g/mol. The Labute approximate surface area is 302 Å². The van der Waals surface area contributed by atoms with Gasteiger partial charge in [-0.25, -0.2) is 19.9 Å². The average Bonchev–Trinajstić information content (AvgIpc) is 3.21. The smallest absolute Gasteiger partial charge is 0.164 e.